The van der Waals surface area contributed by atoms with Gasteiger partial charge in [0.15, 0.2) is 0 Å². The van der Waals surface area contributed by atoms with Gasteiger partial charge in [0.25, 0.3) is 0 Å². The Kier molecular flexibility index (Phi) is 7.18. The first-order valence-corrected chi connectivity index (χ1v) is 14.0. The van der Waals surface area contributed by atoms with Gasteiger partial charge in [0.1, 0.15) is 35.3 Å². The molecule has 40 heavy (non-hydrogen) atoms. The van der Waals surface area contributed by atoms with E-state index < -0.39 is 5.82 Å². The number of rotatable bonds is 6. The first kappa shape index (κ1) is 26.3. The minimum absolute atomic E-state index is 0.0551. The Morgan fingerprint density at radius 2 is 1.98 bits per heavy atom. The van der Waals surface area contributed by atoms with Crippen LogP contribution in [0.3, 0.4) is 0 Å². The van der Waals surface area contributed by atoms with E-state index in [-0.39, 0.29) is 24.2 Å². The lowest BCUT2D eigenvalue weighted by atomic mass is 9.92. The zero-order valence-electron chi connectivity index (χ0n) is 21.8. The third-order valence-electron chi connectivity index (χ3n) is 6.96. The first-order chi connectivity index (χ1) is 19.4. The van der Waals surface area contributed by atoms with Crippen LogP contribution in [0, 0.1) is 5.82 Å². The van der Waals surface area contributed by atoms with Gasteiger partial charge in [0.05, 0.1) is 10.7 Å². The van der Waals surface area contributed by atoms with E-state index in [0.717, 1.165) is 26.9 Å². The Balaban J connectivity index is 1.36. The number of ether oxygens (including phenoxy) is 1. The number of nitrogens with one attached hydrogen (secondary N) is 1. The minimum atomic E-state index is -0.436. The fourth-order valence-corrected chi connectivity index (χ4v) is 5.95. The van der Waals surface area contributed by atoms with Crippen LogP contribution in [0.15, 0.2) is 66.2 Å². The van der Waals surface area contributed by atoms with Gasteiger partial charge in [-0.05, 0) is 65.4 Å². The van der Waals surface area contributed by atoms with Gasteiger partial charge < -0.3 is 15.0 Å². The molecule has 0 aliphatic carbocycles. The molecule has 2 aromatic carbocycles. The maximum Gasteiger partial charge on any atom is 0.239 e. The highest BCUT2D eigenvalue weighted by molar-refractivity contribution is 7.17. The summed E-state index contributed by atoms with van der Waals surface area (Å²) in [5.41, 5.74) is 5.56. The third kappa shape index (κ3) is 5.03. The SMILES string of the molecule is CN(C)C(=O)C1Cc2cc(-c3nnc(-c4ccc(Cl)cc4OCc4ncccc4F)c4sccc34)ccc2CN1. The Morgan fingerprint density at radius 1 is 1.12 bits per heavy atom. The average molecular weight is 574 g/mol. The molecule has 3 aromatic heterocycles. The number of hydrogen-bond acceptors (Lipinski definition) is 7. The number of benzene rings is 2. The maximum atomic E-state index is 14.2. The predicted octanol–water partition coefficient (Wildman–Crippen LogP) is 5.89. The highest BCUT2D eigenvalue weighted by Crippen LogP contribution is 2.40. The molecule has 0 saturated carbocycles. The van der Waals surface area contributed by atoms with Gasteiger partial charge in [-0.25, -0.2) is 4.39 Å². The van der Waals surface area contributed by atoms with Crippen LogP contribution < -0.4 is 10.1 Å². The fraction of sp³-hybridized carbons (Fsp3) is 0.200. The summed E-state index contributed by atoms with van der Waals surface area (Å²) in [5.74, 6) is 0.0912. The zero-order valence-corrected chi connectivity index (χ0v) is 23.4. The minimum Gasteiger partial charge on any atom is -0.486 e. The lowest BCUT2D eigenvalue weighted by Crippen LogP contribution is -2.47. The number of halogens is 2. The first-order valence-electron chi connectivity index (χ1n) is 12.7. The molecule has 0 fully saturated rings. The Morgan fingerprint density at radius 3 is 2.80 bits per heavy atom. The van der Waals surface area contributed by atoms with Crippen molar-refractivity contribution in [2.24, 2.45) is 0 Å². The van der Waals surface area contributed by atoms with E-state index in [1.54, 1.807) is 42.5 Å². The number of carbonyl (C=O) groups excluding carboxylic acids is 1. The van der Waals surface area contributed by atoms with Crippen LogP contribution in [-0.2, 0) is 24.4 Å². The molecule has 1 unspecified atom stereocenters. The van der Waals surface area contributed by atoms with E-state index in [4.69, 9.17) is 16.3 Å². The van der Waals surface area contributed by atoms with E-state index in [0.29, 0.717) is 35.0 Å². The van der Waals surface area contributed by atoms with Gasteiger partial charge in [-0.3, -0.25) is 9.78 Å². The summed E-state index contributed by atoms with van der Waals surface area (Å²) in [5, 5.41) is 16.1. The maximum absolute atomic E-state index is 14.2. The van der Waals surface area contributed by atoms with Crippen LogP contribution >= 0.6 is 22.9 Å². The number of carbonyl (C=O) groups is 1. The average Bonchev–Trinajstić information content (AvgIpc) is 3.46. The smallest absolute Gasteiger partial charge is 0.239 e. The quantitative estimate of drug-likeness (QED) is 0.273. The third-order valence-corrected chi connectivity index (χ3v) is 8.12. The van der Waals surface area contributed by atoms with E-state index in [2.05, 4.69) is 32.6 Å². The Bertz CT molecular complexity index is 1740. The highest BCUT2D eigenvalue weighted by atomic mass is 35.5. The van der Waals surface area contributed by atoms with Gasteiger partial charge in [-0.1, -0.05) is 23.7 Å². The second kappa shape index (κ2) is 10.9. The van der Waals surface area contributed by atoms with Crippen molar-refractivity contribution in [3.8, 4) is 28.3 Å². The van der Waals surface area contributed by atoms with Gasteiger partial charge in [-0.2, -0.15) is 0 Å². The van der Waals surface area contributed by atoms with Gasteiger partial charge in [0, 0.05) is 48.4 Å². The van der Waals surface area contributed by atoms with Gasteiger partial charge >= 0.3 is 0 Å². The molecule has 0 spiro atoms. The molecule has 0 radical (unpaired) electrons. The molecule has 7 nitrogen and oxygen atoms in total. The van der Waals surface area contributed by atoms with Gasteiger partial charge in [0.2, 0.25) is 5.91 Å². The number of thiophene rings is 1. The second-order valence-electron chi connectivity index (χ2n) is 9.78. The molecule has 5 aromatic rings. The van der Waals surface area contributed by atoms with Crippen LogP contribution in [0.25, 0.3) is 32.6 Å². The van der Waals surface area contributed by atoms with Crippen molar-refractivity contribution >= 4 is 38.9 Å². The summed E-state index contributed by atoms with van der Waals surface area (Å²) in [6.07, 6.45) is 2.14. The molecule has 0 saturated heterocycles. The predicted molar refractivity (Wildman–Crippen MR) is 155 cm³/mol. The number of likely N-dealkylation sites (N-methyl/N-ethyl adjacent to an activating group) is 1. The molecule has 202 valence electrons. The summed E-state index contributed by atoms with van der Waals surface area (Å²) >= 11 is 7.85. The molecule has 10 heteroatoms. The Hall–Kier alpha value is -3.92. The molecular weight excluding hydrogens is 549 g/mol. The highest BCUT2D eigenvalue weighted by Gasteiger charge is 2.26. The van der Waals surface area contributed by atoms with Crippen LogP contribution in [0.5, 0.6) is 5.75 Å². The molecular formula is C30H25ClFN5O2S. The molecule has 1 N–H and O–H groups in total. The number of amides is 1. The number of hydrogen-bond donors (Lipinski definition) is 1. The van der Waals surface area contributed by atoms with Crippen molar-refractivity contribution in [1.29, 1.82) is 0 Å². The molecule has 1 atom stereocenters. The van der Waals surface area contributed by atoms with E-state index >= 15 is 0 Å². The molecule has 1 aliphatic heterocycles. The standard InChI is InChI=1S/C30H25ClFN5O2S/c1-37(2)30(38)24-13-19-12-17(5-6-18(19)15-34-24)27-22-9-11-40-29(22)28(36-35-27)21-8-7-20(31)14-26(21)39-16-25-23(32)4-3-10-33-25/h3-12,14,24,34H,13,15-16H2,1-2H3. The summed E-state index contributed by atoms with van der Waals surface area (Å²) in [4.78, 5) is 18.3. The van der Waals surface area contributed by atoms with E-state index in [1.165, 1.54) is 23.9 Å². The zero-order chi connectivity index (χ0) is 27.8. The van der Waals surface area contributed by atoms with E-state index in [1.807, 2.05) is 23.6 Å². The lowest BCUT2D eigenvalue weighted by Gasteiger charge is -2.27. The summed E-state index contributed by atoms with van der Waals surface area (Å²) in [6.45, 7) is 0.584. The van der Waals surface area contributed by atoms with Crippen molar-refractivity contribution < 1.29 is 13.9 Å². The van der Waals surface area contributed by atoms with Crippen molar-refractivity contribution in [3.63, 3.8) is 0 Å². The summed E-state index contributed by atoms with van der Waals surface area (Å²) in [7, 11) is 3.54. The summed E-state index contributed by atoms with van der Waals surface area (Å²) < 4.78 is 21.1. The van der Waals surface area contributed by atoms with E-state index in [9.17, 15) is 9.18 Å². The van der Waals surface area contributed by atoms with Crippen molar-refractivity contribution in [2.45, 2.75) is 25.6 Å². The lowest BCUT2D eigenvalue weighted by molar-refractivity contribution is -0.131. The molecule has 6 rings (SSSR count). The van der Waals surface area contributed by atoms with Crippen molar-refractivity contribution in [3.05, 3.63) is 93.8 Å². The van der Waals surface area contributed by atoms with Crippen LogP contribution in [-0.4, -0.2) is 46.1 Å². The largest absolute Gasteiger partial charge is 0.486 e. The topological polar surface area (TPSA) is 80.2 Å². The van der Waals surface area contributed by atoms with Gasteiger partial charge in [-0.15, -0.1) is 21.5 Å². The normalized spacial score (nSPS) is 14.7. The number of nitrogens with zero attached hydrogens (tertiary/aromatic N) is 4. The number of fused-ring (bicyclic) bond motifs is 2. The number of aromatic nitrogens is 3. The van der Waals surface area contributed by atoms with Crippen molar-refractivity contribution in [2.75, 3.05) is 14.1 Å². The summed E-state index contributed by atoms with van der Waals surface area (Å²) in [6, 6.07) is 16.2. The molecule has 4 heterocycles. The monoisotopic (exact) mass is 573 g/mol. The second-order valence-corrected chi connectivity index (χ2v) is 11.1. The Labute approximate surface area is 239 Å². The van der Waals surface area contributed by atoms with Crippen LogP contribution in [0.2, 0.25) is 5.02 Å². The molecule has 1 amide bonds. The molecule has 0 bridgehead atoms. The fourth-order valence-electron chi connectivity index (χ4n) is 4.90. The van der Waals surface area contributed by atoms with Crippen LogP contribution in [0.1, 0.15) is 16.8 Å². The number of pyridine rings is 1. The van der Waals surface area contributed by atoms with Crippen LogP contribution in [0.4, 0.5) is 4.39 Å². The molecule has 1 aliphatic rings. The van der Waals surface area contributed by atoms with Crippen molar-refractivity contribution in [1.82, 2.24) is 25.4 Å².